The molecule has 3 heteroatoms. The zero-order valence-electron chi connectivity index (χ0n) is 10.2. The fraction of sp³-hybridized carbons (Fsp3) is 0.538. The second-order valence-corrected chi connectivity index (χ2v) is 4.50. The number of hydrogen-bond acceptors (Lipinski definition) is 2. The van der Waals surface area contributed by atoms with Crippen molar-refractivity contribution in [2.24, 2.45) is 11.7 Å². The molecule has 0 aromatic heterocycles. The molecule has 0 spiro atoms. The van der Waals surface area contributed by atoms with Gasteiger partial charge in [0.2, 0.25) is 0 Å². The average Bonchev–Trinajstić information content (AvgIpc) is 2.16. The highest BCUT2D eigenvalue weighted by Gasteiger charge is 2.08. The Morgan fingerprint density at radius 3 is 2.50 bits per heavy atom. The minimum Gasteiger partial charge on any atom is -0.493 e. The van der Waals surface area contributed by atoms with E-state index in [4.69, 9.17) is 10.5 Å². The lowest BCUT2D eigenvalue weighted by molar-refractivity contribution is 0.288. The maximum Gasteiger partial charge on any atom is 0.131 e. The normalized spacial score (nSPS) is 12.9. The second-order valence-electron chi connectivity index (χ2n) is 4.50. The number of benzene rings is 1. The molecule has 2 nitrogen and oxygen atoms in total. The third-order valence-electron chi connectivity index (χ3n) is 2.43. The van der Waals surface area contributed by atoms with Crippen LogP contribution in [0.2, 0.25) is 0 Å². The molecule has 0 aliphatic heterocycles. The number of rotatable bonds is 5. The van der Waals surface area contributed by atoms with Crippen molar-refractivity contribution >= 4 is 0 Å². The lowest BCUT2D eigenvalue weighted by Crippen LogP contribution is -2.08. The van der Waals surface area contributed by atoms with Crippen molar-refractivity contribution in [3.8, 4) is 5.75 Å². The molecule has 1 atom stereocenters. The van der Waals surface area contributed by atoms with Crippen LogP contribution in [0.4, 0.5) is 4.39 Å². The highest BCUT2D eigenvalue weighted by atomic mass is 19.1. The summed E-state index contributed by atoms with van der Waals surface area (Å²) in [6.45, 7) is 6.64. The van der Waals surface area contributed by atoms with E-state index in [1.54, 1.807) is 19.1 Å². The summed E-state index contributed by atoms with van der Waals surface area (Å²) in [6, 6.07) is 4.57. The van der Waals surface area contributed by atoms with E-state index in [2.05, 4.69) is 13.8 Å². The molecule has 1 aromatic rings. The Hall–Kier alpha value is -1.09. The molecule has 0 unspecified atom stereocenters. The van der Waals surface area contributed by atoms with Crippen molar-refractivity contribution in [3.63, 3.8) is 0 Å². The first-order valence-electron chi connectivity index (χ1n) is 5.68. The standard InChI is InChI=1S/C13H20FNO/c1-9(2)6-7-16-11-4-5-12(10(3)15)13(14)8-11/h4-5,8-10H,6-7,15H2,1-3H3/t10-/m1/s1. The van der Waals surface area contributed by atoms with Gasteiger partial charge in [0.1, 0.15) is 11.6 Å². The van der Waals surface area contributed by atoms with E-state index < -0.39 is 0 Å². The molecule has 16 heavy (non-hydrogen) atoms. The zero-order valence-corrected chi connectivity index (χ0v) is 10.2. The van der Waals surface area contributed by atoms with Crippen molar-refractivity contribution in [1.29, 1.82) is 0 Å². The molecular formula is C13H20FNO. The molecule has 2 N–H and O–H groups in total. The fourth-order valence-corrected chi connectivity index (χ4v) is 1.38. The summed E-state index contributed by atoms with van der Waals surface area (Å²) in [4.78, 5) is 0. The molecule has 0 radical (unpaired) electrons. The molecule has 0 aliphatic carbocycles. The molecule has 0 fully saturated rings. The first-order valence-corrected chi connectivity index (χ1v) is 5.68. The summed E-state index contributed by atoms with van der Waals surface area (Å²) in [5.41, 5.74) is 6.15. The highest BCUT2D eigenvalue weighted by molar-refractivity contribution is 5.30. The Morgan fingerprint density at radius 2 is 2.00 bits per heavy atom. The van der Waals surface area contributed by atoms with Gasteiger partial charge in [-0.15, -0.1) is 0 Å². The summed E-state index contributed by atoms with van der Waals surface area (Å²) in [6.07, 6.45) is 0.969. The number of halogens is 1. The molecule has 0 bridgehead atoms. The molecular weight excluding hydrogens is 205 g/mol. The van der Waals surface area contributed by atoms with E-state index in [1.165, 1.54) is 6.07 Å². The Balaban J connectivity index is 2.59. The van der Waals surface area contributed by atoms with Crippen molar-refractivity contribution in [3.05, 3.63) is 29.6 Å². The monoisotopic (exact) mass is 225 g/mol. The van der Waals surface area contributed by atoms with Crippen LogP contribution in [0.1, 0.15) is 38.8 Å². The van der Waals surface area contributed by atoms with Gasteiger partial charge in [0.05, 0.1) is 6.61 Å². The maximum atomic E-state index is 13.5. The summed E-state index contributed by atoms with van der Waals surface area (Å²) in [7, 11) is 0. The SMILES string of the molecule is CC(C)CCOc1ccc([C@@H](C)N)c(F)c1. The Labute approximate surface area is 96.6 Å². The second kappa shape index (κ2) is 5.85. The molecule has 1 aromatic carbocycles. The van der Waals surface area contributed by atoms with Crippen LogP contribution in [0.25, 0.3) is 0 Å². The number of hydrogen-bond donors (Lipinski definition) is 1. The zero-order chi connectivity index (χ0) is 12.1. The van der Waals surface area contributed by atoms with Crippen LogP contribution in [-0.4, -0.2) is 6.61 Å². The van der Waals surface area contributed by atoms with Crippen molar-refractivity contribution in [2.75, 3.05) is 6.61 Å². The fourth-order valence-electron chi connectivity index (χ4n) is 1.38. The van der Waals surface area contributed by atoms with Crippen LogP contribution in [0.15, 0.2) is 18.2 Å². The lowest BCUT2D eigenvalue weighted by atomic mass is 10.1. The van der Waals surface area contributed by atoms with Gasteiger partial charge in [0.25, 0.3) is 0 Å². The van der Waals surface area contributed by atoms with Gasteiger partial charge in [-0.05, 0) is 25.3 Å². The van der Waals surface area contributed by atoms with Crippen LogP contribution >= 0.6 is 0 Å². The van der Waals surface area contributed by atoms with Gasteiger partial charge in [-0.2, -0.15) is 0 Å². The molecule has 0 amide bonds. The van der Waals surface area contributed by atoms with E-state index >= 15 is 0 Å². The minimum absolute atomic E-state index is 0.287. The van der Waals surface area contributed by atoms with Crippen LogP contribution in [0, 0.1) is 11.7 Å². The summed E-state index contributed by atoms with van der Waals surface area (Å²) in [5.74, 6) is 0.868. The van der Waals surface area contributed by atoms with Crippen LogP contribution in [0.5, 0.6) is 5.75 Å². The summed E-state index contributed by atoms with van der Waals surface area (Å²) < 4.78 is 19.0. The predicted octanol–water partition coefficient (Wildman–Crippen LogP) is 3.27. The molecule has 1 rings (SSSR count). The molecule has 0 heterocycles. The van der Waals surface area contributed by atoms with Crippen molar-refractivity contribution < 1.29 is 9.13 Å². The van der Waals surface area contributed by atoms with Crippen LogP contribution in [0.3, 0.4) is 0 Å². The van der Waals surface area contributed by atoms with Gasteiger partial charge in [-0.3, -0.25) is 0 Å². The van der Waals surface area contributed by atoms with Crippen molar-refractivity contribution in [2.45, 2.75) is 33.2 Å². The Morgan fingerprint density at radius 1 is 1.31 bits per heavy atom. The third-order valence-corrected chi connectivity index (χ3v) is 2.43. The summed E-state index contributed by atoms with van der Waals surface area (Å²) in [5, 5.41) is 0. The number of nitrogens with two attached hydrogens (primary N) is 1. The highest BCUT2D eigenvalue weighted by Crippen LogP contribution is 2.20. The summed E-state index contributed by atoms with van der Waals surface area (Å²) >= 11 is 0. The van der Waals surface area contributed by atoms with Gasteiger partial charge < -0.3 is 10.5 Å². The topological polar surface area (TPSA) is 35.2 Å². The number of ether oxygens (including phenoxy) is 1. The molecule has 0 saturated carbocycles. The first-order chi connectivity index (χ1) is 7.50. The third kappa shape index (κ3) is 3.81. The Bertz CT molecular complexity index is 337. The average molecular weight is 225 g/mol. The van der Waals surface area contributed by atoms with Crippen LogP contribution < -0.4 is 10.5 Å². The van der Waals surface area contributed by atoms with Gasteiger partial charge >= 0.3 is 0 Å². The molecule has 0 aliphatic rings. The quantitative estimate of drug-likeness (QED) is 0.834. The van der Waals surface area contributed by atoms with E-state index in [1.807, 2.05) is 0 Å². The van der Waals surface area contributed by atoms with Gasteiger partial charge in [-0.25, -0.2) is 4.39 Å². The van der Waals surface area contributed by atoms with Gasteiger partial charge in [0.15, 0.2) is 0 Å². The van der Waals surface area contributed by atoms with E-state index in [9.17, 15) is 4.39 Å². The molecule has 90 valence electrons. The van der Waals surface area contributed by atoms with E-state index in [-0.39, 0.29) is 11.9 Å². The van der Waals surface area contributed by atoms with E-state index in [0.717, 1.165) is 6.42 Å². The van der Waals surface area contributed by atoms with E-state index in [0.29, 0.717) is 23.8 Å². The minimum atomic E-state index is -0.294. The van der Waals surface area contributed by atoms with Gasteiger partial charge in [-0.1, -0.05) is 19.9 Å². The van der Waals surface area contributed by atoms with Crippen molar-refractivity contribution in [1.82, 2.24) is 0 Å². The smallest absolute Gasteiger partial charge is 0.131 e. The largest absolute Gasteiger partial charge is 0.493 e. The predicted molar refractivity (Wildman–Crippen MR) is 64.0 cm³/mol. The van der Waals surface area contributed by atoms with Gasteiger partial charge in [0, 0.05) is 17.7 Å². The lowest BCUT2D eigenvalue weighted by Gasteiger charge is -2.11. The maximum absolute atomic E-state index is 13.5. The van der Waals surface area contributed by atoms with Crippen LogP contribution in [-0.2, 0) is 0 Å². The first kappa shape index (κ1) is 13.0. The Kier molecular flexibility index (Phi) is 4.74. The molecule has 0 saturated heterocycles.